The van der Waals surface area contributed by atoms with Crippen LogP contribution in [-0.2, 0) is 16.2 Å². The van der Waals surface area contributed by atoms with E-state index >= 15 is 0 Å². The average Bonchev–Trinajstić information content (AvgIpc) is 0.710. The molecule has 0 radical (unpaired) electrons. The van der Waals surface area contributed by atoms with Gasteiger partial charge < -0.3 is 23.4 Å². The zero-order chi connectivity index (χ0) is 69.1. The summed E-state index contributed by atoms with van der Waals surface area (Å²) in [6.45, 7) is 20.9. The summed E-state index contributed by atoms with van der Waals surface area (Å²) >= 11 is 0. The van der Waals surface area contributed by atoms with E-state index < -0.39 is 0 Å². The number of hydrogen-bond acceptors (Lipinski definition) is 3. The lowest BCUT2D eigenvalue weighted by Gasteiger charge is -2.46. The minimum atomic E-state index is -0.315. The van der Waals surface area contributed by atoms with E-state index in [9.17, 15) is 0 Å². The second-order valence-electron chi connectivity index (χ2n) is 31.3. The Morgan fingerprint density at radius 3 is 1.31 bits per heavy atom. The van der Waals surface area contributed by atoms with Crippen LogP contribution in [0.3, 0.4) is 0 Å². The first-order valence-corrected chi connectivity index (χ1v) is 36.0. The number of nitrogens with zero attached hydrogens (tertiary/aromatic N) is 4. The number of rotatable bonds is 8. The van der Waals surface area contributed by atoms with Gasteiger partial charge in [0.1, 0.15) is 5.58 Å². The number of para-hydroxylation sites is 5. The van der Waals surface area contributed by atoms with Crippen LogP contribution in [0.25, 0.3) is 121 Å². The molecule has 17 aromatic rings. The van der Waals surface area contributed by atoms with Crippen LogP contribution >= 0.6 is 0 Å². The molecule has 6 heteroatoms. The first-order chi connectivity index (χ1) is 49.5. The standard InChI is InChI=1S/C96H77BN4O/c1-94(2,3)66-49-64(50-67(54-66)95(4,5)6)63-45-47-79-86(53-63)100(83-43-28-40-74-73-39-24-27-44-90(73)102-93(74)83)88-55-68(96(7,8)9)56-89-91(88)97(79)80-48-46-70(99-82-42-26-23-38-72(82)78-58-84-77(59-85(78)99)71-37-22-25-41-81(71)98(84)69-35-20-13-21-36-69)57-87(80)101(89)92-75(61-31-16-11-17-32-61)51-65(60-29-14-10-15-30-60)52-76(92)62-33-18-12-19-34-62/h10-59H,1-9H3. The Bertz CT molecular complexity index is 6160. The van der Waals surface area contributed by atoms with Crippen molar-refractivity contribution >= 4 is 123 Å². The Balaban J connectivity index is 0.961. The number of anilines is 6. The van der Waals surface area contributed by atoms with Crippen molar-refractivity contribution in [3.8, 4) is 55.9 Å². The monoisotopic (exact) mass is 1310 g/mol. The highest BCUT2D eigenvalue weighted by atomic mass is 16.3. The SMILES string of the molecule is CC(C)(C)c1cc(-c2ccc3c(c2)N(c2cccc4c2oc2ccccc24)c2cc(C(C)(C)C)cc4c2B3c2ccc(-n3c5ccccc5c5cc6c(cc53)c3ccccc3n6-c3ccccc3)cc2N4c2c(-c3ccccc3)cc(-c3ccccc3)cc2-c2ccccc2)cc(C(C)(C)C)c1. The molecule has 0 amide bonds. The minimum absolute atomic E-state index is 0.0840. The molecule has 14 aromatic carbocycles. The van der Waals surface area contributed by atoms with E-state index in [2.05, 4.69) is 385 Å². The molecule has 0 bridgehead atoms. The van der Waals surface area contributed by atoms with E-state index in [0.29, 0.717) is 0 Å². The Kier molecular flexibility index (Phi) is 13.7. The highest BCUT2D eigenvalue weighted by Crippen LogP contribution is 2.54. The fourth-order valence-corrected chi connectivity index (χ4v) is 16.7. The normalized spacial score (nSPS) is 13.1. The molecule has 490 valence electrons. The summed E-state index contributed by atoms with van der Waals surface area (Å²) in [7, 11) is 0. The van der Waals surface area contributed by atoms with Gasteiger partial charge in [0.2, 0.25) is 0 Å². The van der Waals surface area contributed by atoms with Crippen molar-refractivity contribution in [2.24, 2.45) is 0 Å². The third-order valence-electron chi connectivity index (χ3n) is 21.9. The molecule has 5 heterocycles. The first-order valence-electron chi connectivity index (χ1n) is 36.0. The van der Waals surface area contributed by atoms with Gasteiger partial charge in [0.15, 0.2) is 5.58 Å². The molecule has 0 aliphatic carbocycles. The second kappa shape index (κ2) is 22.8. The van der Waals surface area contributed by atoms with Crippen molar-refractivity contribution in [1.82, 2.24) is 9.13 Å². The first kappa shape index (κ1) is 61.3. The summed E-state index contributed by atoms with van der Waals surface area (Å²) in [5, 5.41) is 7.01. The quantitative estimate of drug-likeness (QED) is 0.142. The van der Waals surface area contributed by atoms with Gasteiger partial charge >= 0.3 is 0 Å². The van der Waals surface area contributed by atoms with Crippen LogP contribution in [0.1, 0.15) is 79.0 Å². The summed E-state index contributed by atoms with van der Waals surface area (Å²) in [6, 6.07) is 114. The van der Waals surface area contributed by atoms with E-state index in [1.807, 2.05) is 0 Å². The number of fused-ring (bicyclic) bond motifs is 13. The highest BCUT2D eigenvalue weighted by Gasteiger charge is 2.46. The lowest BCUT2D eigenvalue weighted by Crippen LogP contribution is -2.61. The highest BCUT2D eigenvalue weighted by molar-refractivity contribution is 7.00. The average molecular weight is 1310 g/mol. The van der Waals surface area contributed by atoms with Gasteiger partial charge in [-0.1, -0.05) is 275 Å². The van der Waals surface area contributed by atoms with Gasteiger partial charge in [-0.05, 0) is 174 Å². The summed E-state index contributed by atoms with van der Waals surface area (Å²) in [6.07, 6.45) is 0. The maximum absolute atomic E-state index is 7.23. The lowest BCUT2D eigenvalue weighted by molar-refractivity contribution is 0.569. The molecule has 102 heavy (non-hydrogen) atoms. The summed E-state index contributed by atoms with van der Waals surface area (Å²) in [4.78, 5) is 5.29. The van der Waals surface area contributed by atoms with Gasteiger partial charge in [-0.2, -0.15) is 0 Å². The van der Waals surface area contributed by atoms with Crippen molar-refractivity contribution < 1.29 is 4.42 Å². The van der Waals surface area contributed by atoms with Crippen LogP contribution in [0.15, 0.2) is 308 Å². The molecule has 3 aromatic heterocycles. The molecule has 0 atom stereocenters. The smallest absolute Gasteiger partial charge is 0.252 e. The molecular formula is C96H77BN4O. The van der Waals surface area contributed by atoms with Gasteiger partial charge in [0, 0.05) is 77.6 Å². The van der Waals surface area contributed by atoms with E-state index in [1.165, 1.54) is 76.8 Å². The maximum Gasteiger partial charge on any atom is 0.252 e. The molecule has 2 aliphatic rings. The zero-order valence-corrected chi connectivity index (χ0v) is 59.1. The molecule has 0 saturated carbocycles. The molecule has 0 unspecified atom stereocenters. The van der Waals surface area contributed by atoms with Crippen LogP contribution in [-0.4, -0.2) is 15.8 Å². The van der Waals surface area contributed by atoms with Crippen LogP contribution in [0.2, 0.25) is 0 Å². The number of aromatic nitrogens is 2. The van der Waals surface area contributed by atoms with E-state index in [4.69, 9.17) is 4.42 Å². The molecule has 0 spiro atoms. The maximum atomic E-state index is 7.23. The molecule has 0 fully saturated rings. The molecule has 19 rings (SSSR count). The Morgan fingerprint density at radius 1 is 0.275 bits per heavy atom. The number of furan rings is 1. The summed E-state index contributed by atoms with van der Waals surface area (Å²) in [5.74, 6) is 0. The number of benzene rings is 14. The second-order valence-corrected chi connectivity index (χ2v) is 31.3. The van der Waals surface area contributed by atoms with E-state index in [0.717, 1.165) is 112 Å². The largest absolute Gasteiger partial charge is 0.454 e. The molecule has 2 aliphatic heterocycles. The topological polar surface area (TPSA) is 29.5 Å². The van der Waals surface area contributed by atoms with Crippen LogP contribution in [0, 0.1) is 0 Å². The van der Waals surface area contributed by atoms with Crippen molar-refractivity contribution in [2.45, 2.75) is 78.6 Å². The summed E-state index contributed by atoms with van der Waals surface area (Å²) < 4.78 is 12.2. The van der Waals surface area contributed by atoms with Crippen LogP contribution in [0.4, 0.5) is 34.1 Å². The molecular weight excluding hydrogens is 1240 g/mol. The molecule has 0 saturated heterocycles. The van der Waals surface area contributed by atoms with E-state index in [1.54, 1.807) is 0 Å². The third kappa shape index (κ3) is 9.67. The fourth-order valence-electron chi connectivity index (χ4n) is 16.7. The predicted octanol–water partition coefficient (Wildman–Crippen LogP) is 24.4. The van der Waals surface area contributed by atoms with Gasteiger partial charge in [0.05, 0.1) is 33.4 Å². The Morgan fingerprint density at radius 2 is 0.735 bits per heavy atom. The van der Waals surface area contributed by atoms with Crippen molar-refractivity contribution in [3.63, 3.8) is 0 Å². The molecule has 0 N–H and O–H groups in total. The fraction of sp³-hybridized carbons (Fsp3) is 0.125. The van der Waals surface area contributed by atoms with Crippen molar-refractivity contribution in [3.05, 3.63) is 320 Å². The van der Waals surface area contributed by atoms with Gasteiger partial charge in [0.25, 0.3) is 6.71 Å². The predicted molar refractivity (Wildman–Crippen MR) is 434 cm³/mol. The minimum Gasteiger partial charge on any atom is -0.454 e. The van der Waals surface area contributed by atoms with Crippen LogP contribution in [0.5, 0.6) is 0 Å². The summed E-state index contributed by atoms with van der Waals surface area (Å²) in [5.41, 5.74) is 31.5. The Hall–Kier alpha value is -11.9. The van der Waals surface area contributed by atoms with Gasteiger partial charge in [-0.15, -0.1) is 0 Å². The van der Waals surface area contributed by atoms with Crippen LogP contribution < -0.4 is 26.2 Å². The zero-order valence-electron chi connectivity index (χ0n) is 59.1. The Labute approximate surface area is 596 Å². The lowest BCUT2D eigenvalue weighted by atomic mass is 9.33. The number of hydrogen-bond donors (Lipinski definition) is 0. The van der Waals surface area contributed by atoms with Gasteiger partial charge in [-0.25, -0.2) is 0 Å². The van der Waals surface area contributed by atoms with E-state index in [-0.39, 0.29) is 23.0 Å². The van der Waals surface area contributed by atoms with Crippen molar-refractivity contribution in [1.29, 1.82) is 0 Å². The van der Waals surface area contributed by atoms with Gasteiger partial charge in [-0.3, -0.25) is 0 Å². The third-order valence-corrected chi connectivity index (χ3v) is 21.9. The molecule has 5 nitrogen and oxygen atoms in total. The van der Waals surface area contributed by atoms with Crippen molar-refractivity contribution in [2.75, 3.05) is 9.80 Å².